The van der Waals surface area contributed by atoms with Crippen LogP contribution in [0.15, 0.2) is 182 Å². The molecule has 258 valence electrons. The highest BCUT2D eigenvalue weighted by Crippen LogP contribution is 2.59. The van der Waals surface area contributed by atoms with Crippen LogP contribution < -0.4 is 4.90 Å². The third-order valence-corrected chi connectivity index (χ3v) is 12.3. The van der Waals surface area contributed by atoms with Gasteiger partial charge in [-0.05, 0) is 82.9 Å². The van der Waals surface area contributed by atoms with Crippen molar-refractivity contribution in [3.8, 4) is 11.4 Å². The Hall–Kier alpha value is -7.17. The molecule has 0 amide bonds. The molecule has 0 N–H and O–H groups in total. The maximum absolute atomic E-state index is 14.5. The summed E-state index contributed by atoms with van der Waals surface area (Å²) in [6.45, 7) is 0. The standard InChI is InChI=1S/C51H33N3O/c1-52-48-28-26-32(53-44-22-10-4-14-34(44)35-15-5-11-23-45(35)53)30-42(48)51(40-20-8-2-18-38(40)50(55)39-19-3-9-21-41(39)51)43-31-33(27-29-49(43)52)54-46-24-12-6-16-36(46)37-17-7-13-25-47(37)54/h2-31H,1H3. The number of hydrogen-bond acceptors (Lipinski definition) is 2. The van der Waals surface area contributed by atoms with Crippen LogP contribution in [0.4, 0.5) is 11.4 Å². The lowest BCUT2D eigenvalue weighted by molar-refractivity contribution is 0.103. The van der Waals surface area contributed by atoms with Gasteiger partial charge in [-0.25, -0.2) is 0 Å². The number of benzene rings is 8. The van der Waals surface area contributed by atoms with Crippen molar-refractivity contribution in [1.29, 1.82) is 0 Å². The fraction of sp³-hybridized carbons (Fsp3) is 0.0392. The number of aromatic nitrogens is 2. The van der Waals surface area contributed by atoms with Crippen LogP contribution in [0, 0.1) is 0 Å². The topological polar surface area (TPSA) is 30.2 Å². The summed E-state index contributed by atoms with van der Waals surface area (Å²) in [5.74, 6) is 0.0657. The first-order valence-corrected chi connectivity index (χ1v) is 18.9. The van der Waals surface area contributed by atoms with Crippen LogP contribution in [-0.2, 0) is 5.41 Å². The summed E-state index contributed by atoms with van der Waals surface area (Å²) < 4.78 is 4.79. The number of carbonyl (C=O) groups is 1. The summed E-state index contributed by atoms with van der Waals surface area (Å²) in [7, 11) is 2.18. The number of anilines is 2. The highest BCUT2D eigenvalue weighted by molar-refractivity contribution is 6.15. The van der Waals surface area contributed by atoms with Crippen LogP contribution in [0.3, 0.4) is 0 Å². The Balaban J connectivity index is 1.23. The second kappa shape index (κ2) is 10.9. The van der Waals surface area contributed by atoms with E-state index in [2.05, 4.69) is 179 Å². The van der Waals surface area contributed by atoms with E-state index in [9.17, 15) is 4.79 Å². The second-order valence-corrected chi connectivity index (χ2v) is 14.9. The molecular weight excluding hydrogens is 671 g/mol. The maximum atomic E-state index is 14.5. The van der Waals surface area contributed by atoms with E-state index in [1.165, 1.54) is 21.5 Å². The zero-order chi connectivity index (χ0) is 36.4. The molecule has 0 fully saturated rings. The van der Waals surface area contributed by atoms with Gasteiger partial charge < -0.3 is 14.0 Å². The first-order valence-electron chi connectivity index (χ1n) is 18.9. The molecule has 0 bridgehead atoms. The van der Waals surface area contributed by atoms with E-state index in [1.807, 2.05) is 24.3 Å². The van der Waals surface area contributed by atoms with Crippen LogP contribution in [0.25, 0.3) is 55.0 Å². The second-order valence-electron chi connectivity index (χ2n) is 14.9. The largest absolute Gasteiger partial charge is 0.344 e. The lowest BCUT2D eigenvalue weighted by atomic mass is 9.57. The Bertz CT molecular complexity index is 2950. The minimum absolute atomic E-state index is 0.0657. The lowest BCUT2D eigenvalue weighted by Crippen LogP contribution is -2.42. The number of carbonyl (C=O) groups excluding carboxylic acids is 1. The van der Waals surface area contributed by atoms with Crippen LogP contribution in [0.2, 0.25) is 0 Å². The molecule has 2 aliphatic rings. The zero-order valence-corrected chi connectivity index (χ0v) is 30.1. The van der Waals surface area contributed by atoms with E-state index in [1.54, 1.807) is 0 Å². The smallest absolute Gasteiger partial charge is 0.193 e. The Morgan fingerprint density at radius 1 is 0.382 bits per heavy atom. The molecule has 0 unspecified atom stereocenters. The Kier molecular flexibility index (Phi) is 6.03. The van der Waals surface area contributed by atoms with Gasteiger partial charge in [-0.2, -0.15) is 0 Å². The minimum Gasteiger partial charge on any atom is -0.344 e. The van der Waals surface area contributed by atoms with Gasteiger partial charge in [0.1, 0.15) is 0 Å². The molecule has 1 aliphatic carbocycles. The Labute approximate surface area is 317 Å². The third-order valence-electron chi connectivity index (χ3n) is 12.3. The third kappa shape index (κ3) is 3.83. The number of fused-ring (bicyclic) bond motifs is 14. The van der Waals surface area contributed by atoms with Crippen molar-refractivity contribution >= 4 is 60.8 Å². The van der Waals surface area contributed by atoms with Crippen molar-refractivity contribution in [3.05, 3.63) is 215 Å². The molecule has 2 aromatic heterocycles. The van der Waals surface area contributed by atoms with E-state index < -0.39 is 5.41 Å². The zero-order valence-electron chi connectivity index (χ0n) is 30.1. The summed E-state index contributed by atoms with van der Waals surface area (Å²) >= 11 is 0. The summed E-state index contributed by atoms with van der Waals surface area (Å²) in [5, 5.41) is 4.90. The predicted molar refractivity (Wildman–Crippen MR) is 225 cm³/mol. The molecule has 0 atom stereocenters. The lowest BCUT2D eigenvalue weighted by Gasteiger charge is -2.48. The molecule has 4 heteroatoms. The molecule has 8 aromatic carbocycles. The fourth-order valence-corrected chi connectivity index (χ4v) is 10.1. The number of para-hydroxylation sites is 4. The molecule has 0 saturated carbocycles. The van der Waals surface area contributed by atoms with E-state index in [4.69, 9.17) is 0 Å². The maximum Gasteiger partial charge on any atom is 0.193 e. The van der Waals surface area contributed by atoms with Crippen molar-refractivity contribution in [2.75, 3.05) is 11.9 Å². The van der Waals surface area contributed by atoms with Crippen LogP contribution in [0.5, 0.6) is 0 Å². The highest BCUT2D eigenvalue weighted by atomic mass is 16.1. The van der Waals surface area contributed by atoms with E-state index >= 15 is 0 Å². The molecule has 55 heavy (non-hydrogen) atoms. The Morgan fingerprint density at radius 3 is 1.13 bits per heavy atom. The van der Waals surface area contributed by atoms with Gasteiger partial charge in [-0.15, -0.1) is 0 Å². The van der Waals surface area contributed by atoms with Gasteiger partial charge >= 0.3 is 0 Å². The van der Waals surface area contributed by atoms with Gasteiger partial charge in [0, 0.05) is 62.5 Å². The van der Waals surface area contributed by atoms with Crippen LogP contribution in [-0.4, -0.2) is 22.0 Å². The monoisotopic (exact) mass is 703 g/mol. The fourth-order valence-electron chi connectivity index (χ4n) is 10.1. The first-order chi connectivity index (χ1) is 27.1. The van der Waals surface area contributed by atoms with Crippen molar-refractivity contribution in [2.45, 2.75) is 5.41 Å². The molecule has 12 rings (SSSR count). The van der Waals surface area contributed by atoms with Crippen LogP contribution in [0.1, 0.15) is 38.2 Å². The number of hydrogen-bond donors (Lipinski definition) is 0. The highest BCUT2D eigenvalue weighted by Gasteiger charge is 2.51. The van der Waals surface area contributed by atoms with Gasteiger partial charge in [0.05, 0.1) is 27.5 Å². The summed E-state index contributed by atoms with van der Waals surface area (Å²) in [6, 6.07) is 65.1. The van der Waals surface area contributed by atoms with Crippen molar-refractivity contribution in [3.63, 3.8) is 0 Å². The molecule has 4 nitrogen and oxygen atoms in total. The minimum atomic E-state index is -0.804. The average Bonchev–Trinajstić information content (AvgIpc) is 3.77. The average molecular weight is 704 g/mol. The van der Waals surface area contributed by atoms with Gasteiger partial charge in [-0.3, -0.25) is 4.79 Å². The molecule has 0 saturated heterocycles. The Morgan fingerprint density at radius 2 is 0.727 bits per heavy atom. The molecule has 1 aliphatic heterocycles. The van der Waals surface area contributed by atoms with Gasteiger partial charge in [0.25, 0.3) is 0 Å². The van der Waals surface area contributed by atoms with Crippen molar-refractivity contribution < 1.29 is 4.79 Å². The van der Waals surface area contributed by atoms with Gasteiger partial charge in [0.2, 0.25) is 0 Å². The van der Waals surface area contributed by atoms with E-state index in [0.717, 1.165) is 78.2 Å². The van der Waals surface area contributed by atoms with Gasteiger partial charge in [-0.1, -0.05) is 121 Å². The normalized spacial score (nSPS) is 14.1. The molecule has 3 heterocycles. The molecule has 10 aromatic rings. The summed E-state index contributed by atoms with van der Waals surface area (Å²) in [6.07, 6.45) is 0. The number of rotatable bonds is 2. The summed E-state index contributed by atoms with van der Waals surface area (Å²) in [4.78, 5) is 16.8. The number of nitrogens with zero attached hydrogens (tertiary/aromatic N) is 3. The number of ketones is 1. The van der Waals surface area contributed by atoms with Gasteiger partial charge in [0.15, 0.2) is 5.78 Å². The van der Waals surface area contributed by atoms with E-state index in [-0.39, 0.29) is 5.78 Å². The predicted octanol–water partition coefficient (Wildman–Crippen LogP) is 11.9. The SMILES string of the molecule is CN1c2ccc(-n3c4ccccc4c4ccccc43)cc2C2(c3ccccc3C(=O)c3ccccc32)c2cc(-n3c4ccccc4c4ccccc43)ccc21. The molecule has 0 radical (unpaired) electrons. The first kappa shape index (κ1) is 30.3. The molecular formula is C51H33N3O. The molecule has 1 spiro atoms. The van der Waals surface area contributed by atoms with E-state index in [0.29, 0.717) is 0 Å². The van der Waals surface area contributed by atoms with Crippen molar-refractivity contribution in [1.82, 2.24) is 9.13 Å². The van der Waals surface area contributed by atoms with Crippen LogP contribution >= 0.6 is 0 Å². The summed E-state index contributed by atoms with van der Waals surface area (Å²) in [5.41, 5.74) is 14.0. The quantitative estimate of drug-likeness (QED) is 0.179. The van der Waals surface area contributed by atoms with Crippen molar-refractivity contribution in [2.24, 2.45) is 0 Å².